The molecule has 7 nitrogen and oxygen atoms in total. The Kier molecular flexibility index (Phi) is 6.54. The monoisotopic (exact) mass is 334 g/mol. The molecule has 0 saturated carbocycles. The van der Waals surface area contributed by atoms with E-state index in [1.54, 1.807) is 19.2 Å². The summed E-state index contributed by atoms with van der Waals surface area (Å²) in [6.07, 6.45) is 2.39. The minimum absolute atomic E-state index is 0.0892. The Bertz CT molecular complexity index is 555. The average molecular weight is 334 g/mol. The molecule has 0 aliphatic carbocycles. The van der Waals surface area contributed by atoms with Crippen LogP contribution in [0.15, 0.2) is 18.3 Å². The Labute approximate surface area is 142 Å². The molecule has 1 saturated heterocycles. The predicted molar refractivity (Wildman–Crippen MR) is 92.1 cm³/mol. The Balaban J connectivity index is 1.91. The van der Waals surface area contributed by atoms with E-state index in [9.17, 15) is 9.59 Å². The summed E-state index contributed by atoms with van der Waals surface area (Å²) in [5, 5.41) is 5.55. The van der Waals surface area contributed by atoms with Gasteiger partial charge in [-0.25, -0.2) is 4.98 Å². The Morgan fingerprint density at radius 3 is 2.54 bits per heavy atom. The molecule has 2 atom stereocenters. The van der Waals surface area contributed by atoms with Gasteiger partial charge in [0.15, 0.2) is 0 Å². The van der Waals surface area contributed by atoms with Crippen LogP contribution in [-0.4, -0.2) is 55.2 Å². The normalized spacial score (nSPS) is 17.0. The molecule has 24 heavy (non-hydrogen) atoms. The third kappa shape index (κ3) is 4.92. The number of nitrogens with zero attached hydrogens (tertiary/aromatic N) is 2. The van der Waals surface area contributed by atoms with Gasteiger partial charge in [0.05, 0.1) is 18.8 Å². The SMILES string of the molecule is CC[C@@H](C)NC(=O)[C@@H](C)NC(=O)c1ccc(N2CCOCC2)nc1. The minimum atomic E-state index is -0.592. The minimum Gasteiger partial charge on any atom is -0.378 e. The van der Waals surface area contributed by atoms with Gasteiger partial charge < -0.3 is 20.3 Å². The second kappa shape index (κ2) is 8.63. The molecule has 132 valence electrons. The molecule has 1 aromatic rings. The maximum Gasteiger partial charge on any atom is 0.253 e. The fourth-order valence-corrected chi connectivity index (χ4v) is 2.32. The van der Waals surface area contributed by atoms with Gasteiger partial charge in [0.1, 0.15) is 11.9 Å². The highest BCUT2D eigenvalue weighted by Crippen LogP contribution is 2.13. The first kappa shape index (κ1) is 18.2. The van der Waals surface area contributed by atoms with Gasteiger partial charge >= 0.3 is 0 Å². The summed E-state index contributed by atoms with van der Waals surface area (Å²) in [6, 6.07) is 3.05. The lowest BCUT2D eigenvalue weighted by Gasteiger charge is -2.27. The number of aromatic nitrogens is 1. The van der Waals surface area contributed by atoms with Gasteiger partial charge in [-0.3, -0.25) is 9.59 Å². The van der Waals surface area contributed by atoms with Crippen LogP contribution in [0.4, 0.5) is 5.82 Å². The molecule has 1 fully saturated rings. The highest BCUT2D eigenvalue weighted by molar-refractivity contribution is 5.97. The van der Waals surface area contributed by atoms with E-state index < -0.39 is 6.04 Å². The van der Waals surface area contributed by atoms with Crippen LogP contribution < -0.4 is 15.5 Å². The summed E-state index contributed by atoms with van der Waals surface area (Å²) in [7, 11) is 0. The fourth-order valence-electron chi connectivity index (χ4n) is 2.32. The van der Waals surface area contributed by atoms with Crippen LogP contribution in [0.2, 0.25) is 0 Å². The number of morpholine rings is 1. The van der Waals surface area contributed by atoms with Crippen molar-refractivity contribution in [2.24, 2.45) is 0 Å². The zero-order valence-electron chi connectivity index (χ0n) is 14.5. The molecular formula is C17H26N4O3. The van der Waals surface area contributed by atoms with Crippen molar-refractivity contribution >= 4 is 17.6 Å². The number of anilines is 1. The van der Waals surface area contributed by atoms with E-state index in [2.05, 4.69) is 20.5 Å². The molecule has 0 aromatic carbocycles. The zero-order chi connectivity index (χ0) is 17.5. The van der Waals surface area contributed by atoms with Crippen molar-refractivity contribution < 1.29 is 14.3 Å². The van der Waals surface area contributed by atoms with Crippen molar-refractivity contribution in [2.75, 3.05) is 31.2 Å². The number of rotatable bonds is 6. The number of hydrogen-bond acceptors (Lipinski definition) is 5. The number of carbonyl (C=O) groups excluding carboxylic acids is 2. The maximum absolute atomic E-state index is 12.2. The van der Waals surface area contributed by atoms with E-state index in [1.165, 1.54) is 0 Å². The van der Waals surface area contributed by atoms with Gasteiger partial charge in [0.25, 0.3) is 5.91 Å². The molecule has 2 rings (SSSR count). The highest BCUT2D eigenvalue weighted by Gasteiger charge is 2.18. The van der Waals surface area contributed by atoms with Crippen LogP contribution in [0.5, 0.6) is 0 Å². The number of hydrogen-bond donors (Lipinski definition) is 2. The molecule has 2 heterocycles. The molecular weight excluding hydrogens is 308 g/mol. The van der Waals surface area contributed by atoms with Crippen LogP contribution in [0.1, 0.15) is 37.6 Å². The van der Waals surface area contributed by atoms with Crippen LogP contribution in [-0.2, 0) is 9.53 Å². The number of carbonyl (C=O) groups is 2. The second-order valence-electron chi connectivity index (χ2n) is 6.02. The van der Waals surface area contributed by atoms with Gasteiger partial charge in [-0.1, -0.05) is 6.92 Å². The topological polar surface area (TPSA) is 83.6 Å². The van der Waals surface area contributed by atoms with Gasteiger partial charge in [-0.05, 0) is 32.4 Å². The van der Waals surface area contributed by atoms with E-state index in [-0.39, 0.29) is 17.9 Å². The van der Waals surface area contributed by atoms with Crippen molar-refractivity contribution in [3.63, 3.8) is 0 Å². The smallest absolute Gasteiger partial charge is 0.253 e. The molecule has 1 aromatic heterocycles. The molecule has 2 amide bonds. The largest absolute Gasteiger partial charge is 0.378 e. The molecule has 2 N–H and O–H groups in total. The first-order valence-corrected chi connectivity index (χ1v) is 8.41. The second-order valence-corrected chi connectivity index (χ2v) is 6.02. The molecule has 0 unspecified atom stereocenters. The quantitative estimate of drug-likeness (QED) is 0.809. The molecule has 1 aliphatic heterocycles. The van der Waals surface area contributed by atoms with E-state index in [0.717, 1.165) is 25.3 Å². The summed E-state index contributed by atoms with van der Waals surface area (Å²) in [6.45, 7) is 8.57. The first-order valence-electron chi connectivity index (χ1n) is 8.41. The van der Waals surface area contributed by atoms with Crippen LogP contribution in [0.3, 0.4) is 0 Å². The molecule has 0 bridgehead atoms. The highest BCUT2D eigenvalue weighted by atomic mass is 16.5. The van der Waals surface area contributed by atoms with E-state index in [1.807, 2.05) is 19.9 Å². The molecule has 7 heteroatoms. The van der Waals surface area contributed by atoms with E-state index in [4.69, 9.17) is 4.74 Å². The summed E-state index contributed by atoms with van der Waals surface area (Å²) in [5.74, 6) is 0.343. The average Bonchev–Trinajstić information content (AvgIpc) is 2.62. The number of amides is 2. The number of pyridine rings is 1. The maximum atomic E-state index is 12.2. The van der Waals surface area contributed by atoms with E-state index in [0.29, 0.717) is 18.8 Å². The van der Waals surface area contributed by atoms with Gasteiger partial charge in [-0.15, -0.1) is 0 Å². The van der Waals surface area contributed by atoms with Crippen molar-refractivity contribution in [3.05, 3.63) is 23.9 Å². The van der Waals surface area contributed by atoms with Crippen molar-refractivity contribution in [1.29, 1.82) is 0 Å². The Morgan fingerprint density at radius 1 is 1.25 bits per heavy atom. The third-order valence-electron chi connectivity index (χ3n) is 4.09. The van der Waals surface area contributed by atoms with Crippen molar-refractivity contribution in [1.82, 2.24) is 15.6 Å². The standard InChI is InChI=1S/C17H26N4O3/c1-4-12(2)19-16(22)13(3)20-17(23)14-5-6-15(18-11-14)21-7-9-24-10-8-21/h5-6,11-13H,4,7-10H2,1-3H3,(H,19,22)(H,20,23)/t12-,13-/m1/s1. The third-order valence-corrected chi connectivity index (χ3v) is 4.09. The number of nitrogens with one attached hydrogen (secondary N) is 2. The van der Waals surface area contributed by atoms with Crippen molar-refractivity contribution in [2.45, 2.75) is 39.3 Å². The van der Waals surface area contributed by atoms with E-state index >= 15 is 0 Å². The summed E-state index contributed by atoms with van der Waals surface area (Å²) in [5.41, 5.74) is 0.440. The predicted octanol–water partition coefficient (Wildman–Crippen LogP) is 0.951. The van der Waals surface area contributed by atoms with Crippen LogP contribution in [0.25, 0.3) is 0 Å². The van der Waals surface area contributed by atoms with Gasteiger partial charge in [0, 0.05) is 25.3 Å². The lowest BCUT2D eigenvalue weighted by molar-refractivity contribution is -0.123. The van der Waals surface area contributed by atoms with Crippen molar-refractivity contribution in [3.8, 4) is 0 Å². The van der Waals surface area contributed by atoms with Crippen LogP contribution in [0, 0.1) is 0 Å². The van der Waals surface area contributed by atoms with Gasteiger partial charge in [-0.2, -0.15) is 0 Å². The lowest BCUT2D eigenvalue weighted by atomic mass is 10.2. The summed E-state index contributed by atoms with van der Waals surface area (Å²) >= 11 is 0. The van der Waals surface area contributed by atoms with Gasteiger partial charge in [0.2, 0.25) is 5.91 Å². The number of ether oxygens (including phenoxy) is 1. The first-order chi connectivity index (χ1) is 11.5. The summed E-state index contributed by atoms with van der Waals surface area (Å²) in [4.78, 5) is 30.7. The lowest BCUT2D eigenvalue weighted by Crippen LogP contribution is -2.47. The molecule has 0 spiro atoms. The molecule has 0 radical (unpaired) electrons. The Hall–Kier alpha value is -2.15. The Morgan fingerprint density at radius 2 is 1.96 bits per heavy atom. The molecule has 1 aliphatic rings. The summed E-state index contributed by atoms with van der Waals surface area (Å²) < 4.78 is 5.31. The zero-order valence-corrected chi connectivity index (χ0v) is 14.5. The van der Waals surface area contributed by atoms with Crippen LogP contribution >= 0.6 is 0 Å². The fraction of sp³-hybridized carbons (Fsp3) is 0.588.